The normalized spacial score (nSPS) is 12.3. The van der Waals surface area contributed by atoms with E-state index in [1.165, 1.54) is 18.2 Å². The Morgan fingerprint density at radius 2 is 1.69 bits per heavy atom. The minimum atomic E-state index is -4.25. The molecule has 0 bridgehead atoms. The maximum absolute atomic E-state index is 13.2. The van der Waals surface area contributed by atoms with E-state index >= 15 is 0 Å². The molecule has 186 valence electrons. The molecule has 0 aliphatic rings. The molecule has 1 heterocycles. The average Bonchev–Trinajstić information content (AvgIpc) is 3.30. The molecule has 0 spiro atoms. The summed E-state index contributed by atoms with van der Waals surface area (Å²) in [4.78, 5) is 24.8. The van der Waals surface area contributed by atoms with Gasteiger partial charge in [-0.2, -0.15) is 8.75 Å². The van der Waals surface area contributed by atoms with Crippen molar-refractivity contribution in [1.29, 1.82) is 0 Å². The number of halogens is 3. The second-order valence-corrected chi connectivity index (χ2v) is 10.9. The molecule has 4 rings (SSSR count). The van der Waals surface area contributed by atoms with Crippen LogP contribution in [0.15, 0.2) is 59.5 Å². The van der Waals surface area contributed by atoms with E-state index < -0.39 is 27.9 Å². The van der Waals surface area contributed by atoms with E-state index in [0.717, 1.165) is 17.8 Å². The molecular formula is C22H15Cl3N4O5S2. The number of amides is 1. The summed E-state index contributed by atoms with van der Waals surface area (Å²) < 4.78 is 36.8. The average molecular weight is 586 g/mol. The lowest BCUT2D eigenvalue weighted by atomic mass is 10.1. The molecule has 3 N–H and O–H groups in total. The van der Waals surface area contributed by atoms with Gasteiger partial charge in [0.2, 0.25) is 0 Å². The quantitative estimate of drug-likeness (QED) is 0.268. The van der Waals surface area contributed by atoms with Gasteiger partial charge in [0.1, 0.15) is 22.0 Å². The summed E-state index contributed by atoms with van der Waals surface area (Å²) in [5.41, 5.74) is 0.750. The fourth-order valence-electron chi connectivity index (χ4n) is 3.31. The number of carbonyl (C=O) groups excluding carboxylic acids is 1. The van der Waals surface area contributed by atoms with Gasteiger partial charge < -0.3 is 10.4 Å². The number of carboxylic acid groups (broad SMARTS) is 1. The number of sulfonamides is 1. The highest BCUT2D eigenvalue weighted by Gasteiger charge is 2.26. The highest BCUT2D eigenvalue weighted by molar-refractivity contribution is 7.93. The molecule has 3 aromatic carbocycles. The highest BCUT2D eigenvalue weighted by atomic mass is 35.5. The molecule has 36 heavy (non-hydrogen) atoms. The van der Waals surface area contributed by atoms with E-state index in [0.29, 0.717) is 16.1 Å². The smallest absolute Gasteiger partial charge is 0.326 e. The number of anilines is 1. The molecule has 0 unspecified atom stereocenters. The van der Waals surface area contributed by atoms with Gasteiger partial charge in [-0.1, -0.05) is 53.0 Å². The number of benzene rings is 3. The third kappa shape index (κ3) is 5.71. The van der Waals surface area contributed by atoms with Crippen molar-refractivity contribution in [2.45, 2.75) is 17.4 Å². The van der Waals surface area contributed by atoms with Crippen LogP contribution in [-0.2, 0) is 21.2 Å². The Labute approximate surface area is 224 Å². The van der Waals surface area contributed by atoms with Crippen LogP contribution >= 0.6 is 46.5 Å². The molecule has 1 amide bonds. The molecule has 0 aliphatic carbocycles. The Bertz CT molecular complexity index is 1580. The van der Waals surface area contributed by atoms with E-state index in [2.05, 4.69) is 18.8 Å². The molecule has 1 atom stereocenters. The Kier molecular flexibility index (Phi) is 7.67. The first-order valence-corrected chi connectivity index (χ1v) is 13.4. The van der Waals surface area contributed by atoms with Crippen molar-refractivity contribution in [2.75, 3.05) is 4.72 Å². The Balaban J connectivity index is 1.66. The van der Waals surface area contributed by atoms with E-state index in [9.17, 15) is 23.1 Å². The zero-order chi connectivity index (χ0) is 26.0. The summed E-state index contributed by atoms with van der Waals surface area (Å²) in [5.74, 6) is -2.16. The van der Waals surface area contributed by atoms with Crippen molar-refractivity contribution in [3.63, 3.8) is 0 Å². The van der Waals surface area contributed by atoms with Crippen molar-refractivity contribution >= 4 is 85.2 Å². The van der Waals surface area contributed by atoms with Crippen LogP contribution in [0.5, 0.6) is 0 Å². The zero-order valence-corrected chi connectivity index (χ0v) is 21.8. The third-order valence-electron chi connectivity index (χ3n) is 5.04. The van der Waals surface area contributed by atoms with Gasteiger partial charge in [0.25, 0.3) is 15.9 Å². The minimum absolute atomic E-state index is 0.0181. The summed E-state index contributed by atoms with van der Waals surface area (Å²) in [5, 5.41) is 12.5. The summed E-state index contributed by atoms with van der Waals surface area (Å²) in [6, 6.07) is 11.9. The number of rotatable bonds is 8. The van der Waals surface area contributed by atoms with E-state index in [4.69, 9.17) is 34.8 Å². The lowest BCUT2D eigenvalue weighted by Crippen LogP contribution is -2.42. The monoisotopic (exact) mass is 584 g/mol. The van der Waals surface area contributed by atoms with E-state index in [1.807, 2.05) is 0 Å². The number of nitrogens with zero attached hydrogens (tertiary/aromatic N) is 2. The standard InChI is InChI=1S/C22H15Cl3N4O5S2/c23-12-6-4-11(5-7-12)8-18(22(31)32)26-21(30)13-9-14(24)15(25)10-17(13)29-36(33,34)19-3-1-2-16-20(19)28-35-27-16/h1-7,9-10,18,29H,8H2,(H,26,30)(H,31,32)/t18-/m1/s1. The Hall–Kier alpha value is -2.96. The minimum Gasteiger partial charge on any atom is -0.480 e. The third-order valence-corrected chi connectivity index (χ3v) is 7.96. The molecule has 0 saturated heterocycles. The maximum Gasteiger partial charge on any atom is 0.326 e. The SMILES string of the molecule is O=C(N[C@H](Cc1ccc(Cl)cc1)C(=O)O)c1cc(Cl)c(Cl)cc1NS(=O)(=O)c1cccc2nsnc12. The predicted octanol–water partition coefficient (Wildman–Crippen LogP) is 4.88. The highest BCUT2D eigenvalue weighted by Crippen LogP contribution is 2.32. The molecule has 0 aliphatic heterocycles. The van der Waals surface area contributed by atoms with Crippen LogP contribution in [0.25, 0.3) is 11.0 Å². The second kappa shape index (κ2) is 10.6. The molecule has 4 aromatic rings. The molecule has 14 heteroatoms. The fraction of sp³-hybridized carbons (Fsp3) is 0.0909. The molecule has 0 saturated carbocycles. The lowest BCUT2D eigenvalue weighted by Gasteiger charge is -2.18. The topological polar surface area (TPSA) is 138 Å². The Morgan fingerprint density at radius 3 is 2.39 bits per heavy atom. The number of hydrogen-bond acceptors (Lipinski definition) is 7. The first kappa shape index (κ1) is 26.1. The summed E-state index contributed by atoms with van der Waals surface area (Å²) in [7, 11) is -4.25. The van der Waals surface area contributed by atoms with Crippen LogP contribution in [0.4, 0.5) is 5.69 Å². The van der Waals surface area contributed by atoms with Crippen LogP contribution < -0.4 is 10.0 Å². The molecule has 9 nitrogen and oxygen atoms in total. The fourth-order valence-corrected chi connectivity index (χ4v) is 5.60. The van der Waals surface area contributed by atoms with Crippen molar-refractivity contribution in [1.82, 2.24) is 14.1 Å². The van der Waals surface area contributed by atoms with Gasteiger partial charge >= 0.3 is 5.97 Å². The second-order valence-electron chi connectivity index (χ2n) is 7.50. The van der Waals surface area contributed by atoms with Crippen molar-refractivity contribution in [3.8, 4) is 0 Å². The van der Waals surface area contributed by atoms with Gasteiger partial charge in [0.05, 0.1) is 33.0 Å². The van der Waals surface area contributed by atoms with Gasteiger partial charge in [-0.3, -0.25) is 9.52 Å². The van der Waals surface area contributed by atoms with Crippen LogP contribution in [0.1, 0.15) is 15.9 Å². The lowest BCUT2D eigenvalue weighted by molar-refractivity contribution is -0.139. The van der Waals surface area contributed by atoms with Crippen LogP contribution in [0.2, 0.25) is 15.1 Å². The predicted molar refractivity (Wildman–Crippen MR) is 139 cm³/mol. The largest absolute Gasteiger partial charge is 0.480 e. The first-order chi connectivity index (χ1) is 17.0. The number of carboxylic acids is 1. The van der Waals surface area contributed by atoms with Gasteiger partial charge in [-0.25, -0.2) is 13.2 Å². The molecular weight excluding hydrogens is 571 g/mol. The van der Waals surface area contributed by atoms with E-state index in [-0.39, 0.29) is 38.1 Å². The van der Waals surface area contributed by atoms with Gasteiger partial charge in [0, 0.05) is 11.4 Å². The number of aromatic nitrogens is 2. The van der Waals surface area contributed by atoms with E-state index in [1.54, 1.807) is 30.3 Å². The number of carbonyl (C=O) groups is 2. The van der Waals surface area contributed by atoms with Gasteiger partial charge in [0.15, 0.2) is 0 Å². The zero-order valence-electron chi connectivity index (χ0n) is 17.9. The van der Waals surface area contributed by atoms with Crippen LogP contribution in [0.3, 0.4) is 0 Å². The van der Waals surface area contributed by atoms with Gasteiger partial charge in [-0.15, -0.1) is 0 Å². The molecule has 1 aromatic heterocycles. The number of fused-ring (bicyclic) bond motifs is 1. The first-order valence-electron chi connectivity index (χ1n) is 10.1. The Morgan fingerprint density at radius 1 is 1.00 bits per heavy atom. The van der Waals surface area contributed by atoms with Gasteiger partial charge in [-0.05, 0) is 42.0 Å². The number of hydrogen-bond donors (Lipinski definition) is 3. The summed E-state index contributed by atoms with van der Waals surface area (Å²) in [6.45, 7) is 0. The molecule has 0 fully saturated rings. The summed E-state index contributed by atoms with van der Waals surface area (Å²) in [6.07, 6.45) is -0.0422. The van der Waals surface area contributed by atoms with Crippen LogP contribution in [-0.4, -0.2) is 40.2 Å². The van der Waals surface area contributed by atoms with Crippen molar-refractivity contribution in [3.05, 3.63) is 80.8 Å². The number of aliphatic carboxylic acids is 1. The maximum atomic E-state index is 13.2. The van der Waals surface area contributed by atoms with Crippen LogP contribution in [0, 0.1) is 0 Å². The molecule has 0 radical (unpaired) electrons. The number of nitrogens with one attached hydrogen (secondary N) is 2. The van der Waals surface area contributed by atoms with Crippen molar-refractivity contribution < 1.29 is 23.1 Å². The van der Waals surface area contributed by atoms with Crippen molar-refractivity contribution in [2.24, 2.45) is 0 Å². The summed E-state index contributed by atoms with van der Waals surface area (Å²) >= 11 is 18.9.